The van der Waals surface area contributed by atoms with E-state index < -0.39 is 17.7 Å². The van der Waals surface area contributed by atoms with Crippen LogP contribution in [-0.4, -0.2) is 28.9 Å². The van der Waals surface area contributed by atoms with E-state index in [1.165, 1.54) is 4.90 Å². The molecule has 1 N–H and O–H groups in total. The molecule has 0 saturated carbocycles. The number of hydrogen-bond donors (Lipinski definition) is 1. The van der Waals surface area contributed by atoms with E-state index in [-0.39, 0.29) is 11.3 Å². The number of pyridine rings is 1. The third-order valence-corrected chi connectivity index (χ3v) is 5.97. The fourth-order valence-electron chi connectivity index (χ4n) is 4.16. The summed E-state index contributed by atoms with van der Waals surface area (Å²) in [5.41, 5.74) is 3.70. The lowest BCUT2D eigenvalue weighted by atomic mass is 9.95. The number of hydrogen-bond acceptors (Lipinski definition) is 5. The molecule has 3 aromatic rings. The fourth-order valence-corrected chi connectivity index (χ4v) is 4.16. The van der Waals surface area contributed by atoms with Gasteiger partial charge >= 0.3 is 0 Å². The highest BCUT2D eigenvalue weighted by Gasteiger charge is 2.47. The zero-order chi connectivity index (χ0) is 23.7. The van der Waals surface area contributed by atoms with Crippen molar-refractivity contribution in [1.82, 2.24) is 4.98 Å². The summed E-state index contributed by atoms with van der Waals surface area (Å²) in [7, 11) is 1.57. The summed E-state index contributed by atoms with van der Waals surface area (Å²) >= 11 is 0. The van der Waals surface area contributed by atoms with Crippen molar-refractivity contribution in [3.63, 3.8) is 0 Å². The van der Waals surface area contributed by atoms with Crippen molar-refractivity contribution in [2.24, 2.45) is 0 Å². The van der Waals surface area contributed by atoms with E-state index >= 15 is 0 Å². The Morgan fingerprint density at radius 1 is 1.03 bits per heavy atom. The van der Waals surface area contributed by atoms with Crippen LogP contribution in [0.25, 0.3) is 5.76 Å². The maximum Gasteiger partial charge on any atom is 0.300 e. The largest absolute Gasteiger partial charge is 0.507 e. The molecular formula is C27H26N2O4. The molecule has 1 amide bonds. The van der Waals surface area contributed by atoms with Crippen LogP contribution in [0.3, 0.4) is 0 Å². The molecule has 0 aliphatic carbocycles. The normalized spacial score (nSPS) is 17.6. The molecule has 2 aromatic carbocycles. The number of carbonyl (C=O) groups is 2. The number of benzene rings is 2. The summed E-state index contributed by atoms with van der Waals surface area (Å²) in [5.74, 6) is -0.620. The van der Waals surface area contributed by atoms with Gasteiger partial charge in [-0.15, -0.1) is 0 Å². The minimum absolute atomic E-state index is 0.0451. The number of aromatic nitrogens is 1. The van der Waals surface area contributed by atoms with E-state index in [2.05, 4.69) is 18.8 Å². The van der Waals surface area contributed by atoms with Gasteiger partial charge in [0, 0.05) is 23.6 Å². The molecule has 6 nitrogen and oxygen atoms in total. The van der Waals surface area contributed by atoms with Crippen LogP contribution < -0.4 is 9.64 Å². The Morgan fingerprint density at radius 3 is 2.27 bits per heavy atom. The fraction of sp³-hybridized carbons (Fsp3) is 0.222. The molecule has 2 heterocycles. The molecule has 4 rings (SSSR count). The Morgan fingerprint density at radius 2 is 1.70 bits per heavy atom. The number of ether oxygens (including phenoxy) is 1. The molecule has 1 atom stereocenters. The predicted molar refractivity (Wildman–Crippen MR) is 127 cm³/mol. The SMILES string of the molecule is COc1ccc(/C(O)=C2/C(=O)C(=O)N(c3ccc(C(C)C)cc3)C2c2ccncc2)cc1C. The van der Waals surface area contributed by atoms with E-state index in [0.29, 0.717) is 28.5 Å². The number of carbonyl (C=O) groups excluding carboxylic acids is 2. The molecule has 1 aliphatic rings. The molecule has 1 unspecified atom stereocenters. The molecular weight excluding hydrogens is 416 g/mol. The first-order chi connectivity index (χ1) is 15.8. The molecule has 1 saturated heterocycles. The lowest BCUT2D eigenvalue weighted by molar-refractivity contribution is -0.132. The van der Waals surface area contributed by atoms with Crippen LogP contribution in [0.2, 0.25) is 0 Å². The molecule has 6 heteroatoms. The first-order valence-electron chi connectivity index (χ1n) is 10.8. The van der Waals surface area contributed by atoms with Gasteiger partial charge in [-0.3, -0.25) is 19.5 Å². The van der Waals surface area contributed by atoms with Crippen LogP contribution in [0.4, 0.5) is 5.69 Å². The van der Waals surface area contributed by atoms with Crippen molar-refractivity contribution in [3.05, 3.63) is 94.8 Å². The molecule has 0 bridgehead atoms. The van der Waals surface area contributed by atoms with Gasteiger partial charge in [0.05, 0.1) is 18.7 Å². The van der Waals surface area contributed by atoms with Crippen molar-refractivity contribution in [2.45, 2.75) is 32.7 Å². The number of aliphatic hydroxyl groups is 1. The van der Waals surface area contributed by atoms with E-state index in [0.717, 1.165) is 11.1 Å². The van der Waals surface area contributed by atoms with Crippen molar-refractivity contribution in [1.29, 1.82) is 0 Å². The van der Waals surface area contributed by atoms with Gasteiger partial charge in [-0.2, -0.15) is 0 Å². The molecule has 1 aliphatic heterocycles. The first-order valence-corrected chi connectivity index (χ1v) is 10.8. The lowest BCUT2D eigenvalue weighted by Gasteiger charge is -2.25. The average molecular weight is 443 g/mol. The van der Waals surface area contributed by atoms with Gasteiger partial charge in [0.1, 0.15) is 11.5 Å². The van der Waals surface area contributed by atoms with Crippen LogP contribution in [0.5, 0.6) is 5.75 Å². The minimum atomic E-state index is -0.777. The number of ketones is 1. The number of amides is 1. The standard InChI is InChI=1S/C27H26N2O4/c1-16(2)18-5-8-21(9-6-18)29-24(19-11-13-28-14-12-19)23(26(31)27(29)32)25(30)20-7-10-22(33-4)17(3)15-20/h5-16,24,30H,1-4H3/b25-23-. The third-order valence-electron chi connectivity index (χ3n) is 5.97. The second-order valence-electron chi connectivity index (χ2n) is 8.38. The summed E-state index contributed by atoms with van der Waals surface area (Å²) in [6, 6.07) is 15.5. The monoisotopic (exact) mass is 442 g/mol. The van der Waals surface area contributed by atoms with Gasteiger partial charge in [-0.05, 0) is 72.0 Å². The highest BCUT2D eigenvalue weighted by Crippen LogP contribution is 2.42. The van der Waals surface area contributed by atoms with E-state index in [1.54, 1.807) is 49.8 Å². The van der Waals surface area contributed by atoms with E-state index in [4.69, 9.17) is 4.74 Å². The molecule has 0 radical (unpaired) electrons. The molecule has 33 heavy (non-hydrogen) atoms. The molecule has 1 fully saturated rings. The van der Waals surface area contributed by atoms with Crippen LogP contribution in [-0.2, 0) is 9.59 Å². The van der Waals surface area contributed by atoms with Crippen LogP contribution in [0.15, 0.2) is 72.6 Å². The number of Topliss-reactive ketones (excluding diaryl/α,β-unsaturated/α-hetero) is 1. The van der Waals surface area contributed by atoms with Crippen molar-refractivity contribution in [3.8, 4) is 5.75 Å². The summed E-state index contributed by atoms with van der Waals surface area (Å²) < 4.78 is 5.30. The maximum absolute atomic E-state index is 13.2. The first kappa shape index (κ1) is 22.3. The van der Waals surface area contributed by atoms with E-state index in [9.17, 15) is 14.7 Å². The average Bonchev–Trinajstić information content (AvgIpc) is 3.09. The Balaban J connectivity index is 1.89. The topological polar surface area (TPSA) is 79.7 Å². The van der Waals surface area contributed by atoms with Crippen LogP contribution in [0.1, 0.15) is 48.1 Å². The zero-order valence-electron chi connectivity index (χ0n) is 19.1. The summed E-state index contributed by atoms with van der Waals surface area (Å²) in [4.78, 5) is 31.9. The van der Waals surface area contributed by atoms with Gasteiger partial charge in [0.2, 0.25) is 0 Å². The van der Waals surface area contributed by atoms with Gasteiger partial charge < -0.3 is 9.84 Å². The number of nitrogens with zero attached hydrogens (tertiary/aromatic N) is 2. The zero-order valence-corrected chi connectivity index (χ0v) is 19.1. The number of aliphatic hydroxyl groups excluding tert-OH is 1. The van der Waals surface area contributed by atoms with Gasteiger partial charge in [-0.25, -0.2) is 0 Å². The third kappa shape index (κ3) is 4.00. The highest BCUT2D eigenvalue weighted by molar-refractivity contribution is 6.51. The van der Waals surface area contributed by atoms with Crippen molar-refractivity contribution in [2.75, 3.05) is 12.0 Å². The smallest absolute Gasteiger partial charge is 0.300 e. The number of aryl methyl sites for hydroxylation is 1. The Kier molecular flexibility index (Phi) is 6.01. The second-order valence-corrected chi connectivity index (χ2v) is 8.38. The summed E-state index contributed by atoms with van der Waals surface area (Å²) in [5, 5.41) is 11.2. The van der Waals surface area contributed by atoms with Gasteiger partial charge in [0.15, 0.2) is 0 Å². The van der Waals surface area contributed by atoms with E-state index in [1.807, 2.05) is 31.2 Å². The molecule has 0 spiro atoms. The Labute approximate surface area is 193 Å². The predicted octanol–water partition coefficient (Wildman–Crippen LogP) is 5.15. The Bertz CT molecular complexity index is 1230. The minimum Gasteiger partial charge on any atom is -0.507 e. The van der Waals surface area contributed by atoms with Crippen LogP contribution in [0, 0.1) is 6.92 Å². The number of rotatable bonds is 5. The molecule has 1 aromatic heterocycles. The second kappa shape index (κ2) is 8.90. The summed E-state index contributed by atoms with van der Waals surface area (Å²) in [6.07, 6.45) is 3.21. The van der Waals surface area contributed by atoms with Crippen molar-refractivity contribution < 1.29 is 19.4 Å². The van der Waals surface area contributed by atoms with Crippen LogP contribution >= 0.6 is 0 Å². The Hall–Kier alpha value is -3.93. The maximum atomic E-state index is 13.2. The van der Waals surface area contributed by atoms with Crippen molar-refractivity contribution >= 4 is 23.1 Å². The summed E-state index contributed by atoms with van der Waals surface area (Å²) in [6.45, 7) is 6.04. The quantitative estimate of drug-likeness (QED) is 0.336. The van der Waals surface area contributed by atoms with Gasteiger partial charge in [-0.1, -0.05) is 26.0 Å². The number of anilines is 1. The van der Waals surface area contributed by atoms with Gasteiger partial charge in [0.25, 0.3) is 11.7 Å². The number of methoxy groups -OCH3 is 1. The lowest BCUT2D eigenvalue weighted by Crippen LogP contribution is -2.29. The highest BCUT2D eigenvalue weighted by atomic mass is 16.5. The molecule has 168 valence electrons.